The second-order valence-corrected chi connectivity index (χ2v) is 8.48. The number of ether oxygens (including phenoxy) is 1. The largest absolute Gasteiger partial charge is 0.494 e. The van der Waals surface area contributed by atoms with Gasteiger partial charge >= 0.3 is 0 Å². The lowest BCUT2D eigenvalue weighted by Gasteiger charge is -2.09. The number of benzene rings is 3. The molecule has 1 unspecified atom stereocenters. The van der Waals surface area contributed by atoms with Gasteiger partial charge in [0.05, 0.1) is 17.5 Å². The zero-order chi connectivity index (χ0) is 18.9. The molecule has 0 aliphatic carbocycles. The first-order valence-electron chi connectivity index (χ1n) is 9.55. The summed E-state index contributed by atoms with van der Waals surface area (Å²) in [6, 6.07) is 25.5. The molecule has 0 bridgehead atoms. The molecule has 0 radical (unpaired) electrons. The monoisotopic (exact) mass is 381 g/mol. The van der Waals surface area contributed by atoms with E-state index in [1.807, 2.05) is 42.5 Å². The zero-order valence-corrected chi connectivity index (χ0v) is 16.6. The van der Waals surface area contributed by atoms with Crippen molar-refractivity contribution < 1.29 is 9.13 Å². The van der Waals surface area contributed by atoms with Crippen LogP contribution >= 0.6 is 0 Å². The lowest BCUT2D eigenvalue weighted by Crippen LogP contribution is -2.05. The fourth-order valence-electron chi connectivity index (χ4n) is 2.93. The van der Waals surface area contributed by atoms with Gasteiger partial charge < -0.3 is 4.74 Å². The minimum absolute atomic E-state index is 0.206. The third-order valence-electron chi connectivity index (χ3n) is 4.35. The van der Waals surface area contributed by atoms with Crippen molar-refractivity contribution in [1.82, 2.24) is 0 Å². The van der Waals surface area contributed by atoms with Gasteiger partial charge in [-0.25, -0.2) is 4.39 Å². The van der Waals surface area contributed by atoms with E-state index in [0.29, 0.717) is 0 Å². The Morgan fingerprint density at radius 1 is 0.704 bits per heavy atom. The standard InChI is InChI=1S/C24H26FOS/c1-2-3-4-8-19-26-21-13-17-24(18-14-21)27(22-9-6-5-7-10-22)23-15-11-20(25)12-16-23/h5-7,9-18H,2-4,8,19H2,1H3/q+1. The van der Waals surface area contributed by atoms with Crippen LogP contribution in [0.2, 0.25) is 0 Å². The summed E-state index contributed by atoms with van der Waals surface area (Å²) in [5, 5.41) is 0. The van der Waals surface area contributed by atoms with Crippen molar-refractivity contribution in [2.24, 2.45) is 0 Å². The van der Waals surface area contributed by atoms with Crippen LogP contribution in [-0.4, -0.2) is 6.61 Å². The predicted molar refractivity (Wildman–Crippen MR) is 111 cm³/mol. The van der Waals surface area contributed by atoms with E-state index in [1.165, 1.54) is 41.2 Å². The lowest BCUT2D eigenvalue weighted by atomic mass is 10.2. The first kappa shape index (κ1) is 19.5. The summed E-state index contributed by atoms with van der Waals surface area (Å²) in [5.74, 6) is 0.702. The number of halogens is 1. The SMILES string of the molecule is CCCCCCOc1ccc([S+](c2ccccc2)c2ccc(F)cc2)cc1. The van der Waals surface area contributed by atoms with E-state index in [4.69, 9.17) is 4.74 Å². The summed E-state index contributed by atoms with van der Waals surface area (Å²) in [6.07, 6.45) is 4.82. The van der Waals surface area contributed by atoms with Gasteiger partial charge in [0, 0.05) is 0 Å². The maximum Gasteiger partial charge on any atom is 0.166 e. The molecule has 3 rings (SSSR count). The molecule has 0 aromatic heterocycles. The van der Waals surface area contributed by atoms with Crippen molar-refractivity contribution in [2.45, 2.75) is 47.3 Å². The lowest BCUT2D eigenvalue weighted by molar-refractivity contribution is 0.305. The van der Waals surface area contributed by atoms with E-state index >= 15 is 0 Å². The molecule has 0 saturated heterocycles. The highest BCUT2D eigenvalue weighted by molar-refractivity contribution is 7.97. The summed E-state index contributed by atoms with van der Waals surface area (Å²) in [7, 11) is -0.263. The van der Waals surface area contributed by atoms with Gasteiger partial charge in [-0.1, -0.05) is 44.4 Å². The van der Waals surface area contributed by atoms with Crippen LogP contribution in [0.4, 0.5) is 4.39 Å². The van der Waals surface area contributed by atoms with Crippen LogP contribution in [0.15, 0.2) is 93.5 Å². The highest BCUT2D eigenvalue weighted by Gasteiger charge is 2.28. The van der Waals surface area contributed by atoms with Crippen molar-refractivity contribution in [3.63, 3.8) is 0 Å². The van der Waals surface area contributed by atoms with E-state index in [-0.39, 0.29) is 16.7 Å². The van der Waals surface area contributed by atoms with Gasteiger partial charge in [-0.3, -0.25) is 0 Å². The predicted octanol–water partition coefficient (Wildman–Crippen LogP) is 6.88. The summed E-state index contributed by atoms with van der Waals surface area (Å²) >= 11 is 0. The Morgan fingerprint density at radius 2 is 1.30 bits per heavy atom. The fourth-order valence-corrected chi connectivity index (χ4v) is 4.99. The number of hydrogen-bond acceptors (Lipinski definition) is 1. The van der Waals surface area contributed by atoms with Gasteiger partial charge in [-0.2, -0.15) is 0 Å². The molecular weight excluding hydrogens is 355 g/mol. The summed E-state index contributed by atoms with van der Waals surface area (Å²) in [6.45, 7) is 2.98. The molecular formula is C24H26FOS+. The van der Waals surface area contributed by atoms with Crippen LogP contribution in [-0.2, 0) is 10.9 Å². The molecule has 0 amide bonds. The van der Waals surface area contributed by atoms with Crippen molar-refractivity contribution >= 4 is 10.9 Å². The molecule has 0 saturated carbocycles. The Labute approximate surface area is 164 Å². The fraction of sp³-hybridized carbons (Fsp3) is 0.250. The first-order valence-corrected chi connectivity index (χ1v) is 10.8. The van der Waals surface area contributed by atoms with Gasteiger partial charge in [-0.15, -0.1) is 0 Å². The third-order valence-corrected chi connectivity index (χ3v) is 6.59. The molecule has 140 valence electrons. The Balaban J connectivity index is 1.77. The van der Waals surface area contributed by atoms with Crippen LogP contribution in [0, 0.1) is 5.82 Å². The van der Waals surface area contributed by atoms with E-state index in [1.54, 1.807) is 0 Å². The van der Waals surface area contributed by atoms with Gasteiger partial charge in [0.2, 0.25) is 0 Å². The molecule has 1 nitrogen and oxygen atoms in total. The second-order valence-electron chi connectivity index (χ2n) is 6.45. The third kappa shape index (κ3) is 5.61. The van der Waals surface area contributed by atoms with Crippen LogP contribution in [0.3, 0.4) is 0 Å². The van der Waals surface area contributed by atoms with Crippen molar-refractivity contribution in [3.8, 4) is 5.75 Å². The summed E-state index contributed by atoms with van der Waals surface area (Å²) < 4.78 is 19.3. The molecule has 3 heteroatoms. The van der Waals surface area contributed by atoms with E-state index in [0.717, 1.165) is 23.7 Å². The van der Waals surface area contributed by atoms with Crippen molar-refractivity contribution in [3.05, 3.63) is 84.7 Å². The Kier molecular flexibility index (Phi) is 7.35. The molecule has 0 fully saturated rings. The van der Waals surface area contributed by atoms with Crippen LogP contribution in [0.1, 0.15) is 32.6 Å². The molecule has 0 aliphatic rings. The summed E-state index contributed by atoms with van der Waals surface area (Å²) in [5.41, 5.74) is 0. The molecule has 1 atom stereocenters. The highest BCUT2D eigenvalue weighted by atomic mass is 32.2. The zero-order valence-electron chi connectivity index (χ0n) is 15.7. The Morgan fingerprint density at radius 3 is 1.93 bits per heavy atom. The normalized spacial score (nSPS) is 11.9. The average molecular weight is 382 g/mol. The Bertz CT molecular complexity index is 800. The maximum atomic E-state index is 13.4. The average Bonchev–Trinajstić information content (AvgIpc) is 2.71. The van der Waals surface area contributed by atoms with E-state index < -0.39 is 0 Å². The second kappa shape index (κ2) is 10.2. The van der Waals surface area contributed by atoms with Crippen LogP contribution in [0.5, 0.6) is 5.75 Å². The minimum Gasteiger partial charge on any atom is -0.494 e. The smallest absolute Gasteiger partial charge is 0.166 e. The van der Waals surface area contributed by atoms with Crippen molar-refractivity contribution in [2.75, 3.05) is 6.61 Å². The topological polar surface area (TPSA) is 9.23 Å². The maximum absolute atomic E-state index is 13.4. The molecule has 27 heavy (non-hydrogen) atoms. The van der Waals surface area contributed by atoms with Gasteiger partial charge in [0.1, 0.15) is 11.6 Å². The Hall–Kier alpha value is -2.26. The number of unbranched alkanes of at least 4 members (excludes halogenated alkanes) is 3. The van der Waals surface area contributed by atoms with Gasteiger partial charge in [0.25, 0.3) is 0 Å². The number of rotatable bonds is 9. The summed E-state index contributed by atoms with van der Waals surface area (Å²) in [4.78, 5) is 3.53. The van der Waals surface area contributed by atoms with Crippen LogP contribution < -0.4 is 4.74 Å². The van der Waals surface area contributed by atoms with Crippen molar-refractivity contribution in [1.29, 1.82) is 0 Å². The highest BCUT2D eigenvalue weighted by Crippen LogP contribution is 2.32. The van der Waals surface area contributed by atoms with Gasteiger partial charge in [-0.05, 0) is 67.1 Å². The molecule has 0 heterocycles. The quantitative estimate of drug-likeness (QED) is 0.290. The van der Waals surface area contributed by atoms with E-state index in [2.05, 4.69) is 31.2 Å². The molecule has 3 aromatic carbocycles. The van der Waals surface area contributed by atoms with E-state index in [9.17, 15) is 4.39 Å². The molecule has 0 spiro atoms. The van der Waals surface area contributed by atoms with Crippen LogP contribution in [0.25, 0.3) is 0 Å². The molecule has 3 aromatic rings. The molecule has 0 N–H and O–H groups in total. The molecule has 0 aliphatic heterocycles. The minimum atomic E-state index is -0.263. The first-order chi connectivity index (χ1) is 13.3. The number of hydrogen-bond donors (Lipinski definition) is 0. The van der Waals surface area contributed by atoms with Gasteiger partial charge in [0.15, 0.2) is 14.7 Å².